The number of fused-ring (bicyclic) bond motifs is 3. The second kappa shape index (κ2) is 18.3. The molecule has 58 heavy (non-hydrogen) atoms. The van der Waals surface area contributed by atoms with E-state index in [2.05, 4.69) is 71.7 Å². The maximum atomic E-state index is 12.4. The summed E-state index contributed by atoms with van der Waals surface area (Å²) in [6.45, 7) is 8.76. The molecule has 2 aromatic carbocycles. The second-order valence-electron chi connectivity index (χ2n) is 16.0. The summed E-state index contributed by atoms with van der Waals surface area (Å²) in [6, 6.07) is 13.3. The smallest absolute Gasteiger partial charge is 0.271 e. The van der Waals surface area contributed by atoms with Gasteiger partial charge in [0.25, 0.3) is 5.91 Å². The number of aromatic nitrogens is 3. The SMILES string of the molecule is CC(CCC(=O)NC=O)c1noc2c3c(ccc12)CCN(C1CCN(c2ccc(Nc4nc(N5CCCC(N(C)CCN(C)C=O)C5)cnc4C(N)=O)cc2)CC1)C3. The molecular weight excluding hydrogens is 739 g/mol. The quantitative estimate of drug-likeness (QED) is 0.140. The van der Waals surface area contributed by atoms with Gasteiger partial charge in [-0.15, -0.1) is 0 Å². The second-order valence-corrected chi connectivity index (χ2v) is 16.0. The highest BCUT2D eigenvalue weighted by Gasteiger charge is 2.31. The highest BCUT2D eigenvalue weighted by Crippen LogP contribution is 2.36. The van der Waals surface area contributed by atoms with Gasteiger partial charge in [-0.3, -0.25) is 34.3 Å². The number of anilines is 4. The highest BCUT2D eigenvalue weighted by molar-refractivity contribution is 5.96. The fourth-order valence-electron chi connectivity index (χ4n) is 8.62. The van der Waals surface area contributed by atoms with Gasteiger partial charge in [-0.05, 0) is 81.5 Å². The molecule has 5 heterocycles. The van der Waals surface area contributed by atoms with Crippen molar-refractivity contribution in [3.05, 3.63) is 65.1 Å². The number of primary amides is 1. The van der Waals surface area contributed by atoms with Crippen molar-refractivity contribution in [2.24, 2.45) is 5.73 Å². The minimum Gasteiger partial charge on any atom is -0.371 e. The maximum Gasteiger partial charge on any atom is 0.271 e. The van der Waals surface area contributed by atoms with Crippen molar-refractivity contribution in [1.29, 1.82) is 0 Å². The third-order valence-corrected chi connectivity index (χ3v) is 12.2. The summed E-state index contributed by atoms with van der Waals surface area (Å²) in [5.41, 5.74) is 12.0. The molecule has 0 aliphatic carbocycles. The first-order valence-electron chi connectivity index (χ1n) is 20.4. The van der Waals surface area contributed by atoms with Crippen LogP contribution in [0.4, 0.5) is 23.0 Å². The summed E-state index contributed by atoms with van der Waals surface area (Å²) in [5, 5.41) is 11.0. The number of nitrogens with one attached hydrogen (secondary N) is 2. The summed E-state index contributed by atoms with van der Waals surface area (Å²) < 4.78 is 5.97. The van der Waals surface area contributed by atoms with Crippen LogP contribution >= 0.6 is 0 Å². The topological polar surface area (TPSA) is 186 Å². The Labute approximate surface area is 339 Å². The van der Waals surface area contributed by atoms with Gasteiger partial charge in [-0.1, -0.05) is 18.1 Å². The molecule has 2 atom stereocenters. The predicted molar refractivity (Wildman–Crippen MR) is 222 cm³/mol. The number of amides is 4. The first-order chi connectivity index (χ1) is 28.1. The van der Waals surface area contributed by atoms with Crippen LogP contribution in [0.2, 0.25) is 0 Å². The largest absolute Gasteiger partial charge is 0.371 e. The van der Waals surface area contributed by atoms with Crippen molar-refractivity contribution in [1.82, 2.24) is 35.1 Å². The monoisotopic (exact) mass is 793 g/mol. The van der Waals surface area contributed by atoms with Crippen molar-refractivity contribution in [3.8, 4) is 0 Å². The summed E-state index contributed by atoms with van der Waals surface area (Å²) in [5.74, 6) is 0.0956. The van der Waals surface area contributed by atoms with E-state index in [9.17, 15) is 19.2 Å². The van der Waals surface area contributed by atoms with E-state index in [1.807, 2.05) is 19.1 Å². The van der Waals surface area contributed by atoms with Gasteiger partial charge < -0.3 is 30.3 Å². The Kier molecular flexibility index (Phi) is 12.8. The standard InChI is InChI=1S/C42H55N11O5/c1-28(6-13-37(56)45-26-54)38-34-12-7-29-14-18-52(25-35(29)40(34)58-48-38)32-15-19-51(20-16-32)31-10-8-30(9-11-31)46-42-39(41(43)57)44-23-36(47-42)53-17-4-5-33(24-53)50(3)22-21-49(2)27-55/h7-12,23,26-28,32-33H,4-6,13-22,24-25H2,1-3H3,(H2,43,57)(H,46,47)(H,45,54,56). The average Bonchev–Trinajstić information content (AvgIpc) is 3.70. The van der Waals surface area contributed by atoms with E-state index in [-0.39, 0.29) is 23.9 Å². The molecule has 0 saturated carbocycles. The van der Waals surface area contributed by atoms with Crippen LogP contribution in [-0.4, -0.2) is 126 Å². The van der Waals surface area contributed by atoms with Gasteiger partial charge in [-0.2, -0.15) is 0 Å². The lowest BCUT2D eigenvalue weighted by atomic mass is 9.92. The van der Waals surface area contributed by atoms with Crippen molar-refractivity contribution in [2.75, 3.05) is 75.0 Å². The normalized spacial score (nSPS) is 18.2. The van der Waals surface area contributed by atoms with Gasteiger partial charge >= 0.3 is 0 Å². The maximum absolute atomic E-state index is 12.4. The zero-order valence-electron chi connectivity index (χ0n) is 33.7. The lowest BCUT2D eigenvalue weighted by Gasteiger charge is -2.41. The Bertz CT molecular complexity index is 2080. The minimum atomic E-state index is -0.645. The Morgan fingerprint density at radius 2 is 1.81 bits per heavy atom. The molecule has 0 radical (unpaired) electrons. The summed E-state index contributed by atoms with van der Waals surface area (Å²) >= 11 is 0. The number of hydrogen-bond donors (Lipinski definition) is 3. The molecule has 308 valence electrons. The fourth-order valence-corrected chi connectivity index (χ4v) is 8.62. The zero-order valence-corrected chi connectivity index (χ0v) is 33.7. The van der Waals surface area contributed by atoms with Crippen molar-refractivity contribution < 1.29 is 23.7 Å². The summed E-state index contributed by atoms with van der Waals surface area (Å²) in [7, 11) is 3.87. The number of piperidine rings is 2. The number of rotatable bonds is 16. The molecular formula is C42H55N11O5. The number of likely N-dealkylation sites (N-methyl/N-ethyl adjacent to an activating group) is 2. The van der Waals surface area contributed by atoms with E-state index in [4.69, 9.17) is 15.2 Å². The Morgan fingerprint density at radius 3 is 2.55 bits per heavy atom. The van der Waals surface area contributed by atoms with Crippen LogP contribution in [0.3, 0.4) is 0 Å². The number of hydrogen-bond acceptors (Lipinski definition) is 13. The third-order valence-electron chi connectivity index (χ3n) is 12.2. The molecule has 7 rings (SSSR count). The van der Waals surface area contributed by atoms with Crippen LogP contribution in [-0.2, 0) is 27.3 Å². The van der Waals surface area contributed by atoms with Crippen LogP contribution in [0.5, 0.6) is 0 Å². The molecule has 0 spiro atoms. The first-order valence-corrected chi connectivity index (χ1v) is 20.4. The van der Waals surface area contributed by atoms with Gasteiger partial charge in [-0.25, -0.2) is 9.97 Å². The Morgan fingerprint density at radius 1 is 1.02 bits per heavy atom. The number of nitrogens with zero attached hydrogens (tertiary/aromatic N) is 8. The molecule has 3 aliphatic rings. The fraction of sp³-hybridized carbons (Fsp3) is 0.500. The van der Waals surface area contributed by atoms with E-state index in [0.717, 1.165) is 112 Å². The van der Waals surface area contributed by atoms with Gasteiger partial charge in [0.15, 0.2) is 17.1 Å². The van der Waals surface area contributed by atoms with E-state index >= 15 is 0 Å². The zero-order chi connectivity index (χ0) is 40.8. The van der Waals surface area contributed by atoms with Gasteiger partial charge in [0.2, 0.25) is 18.7 Å². The third kappa shape index (κ3) is 9.23. The van der Waals surface area contributed by atoms with Gasteiger partial charge in [0.1, 0.15) is 5.82 Å². The Hall–Kier alpha value is -5.61. The molecule has 16 heteroatoms. The molecule has 0 bridgehead atoms. The number of nitrogens with two attached hydrogens (primary N) is 1. The van der Waals surface area contributed by atoms with E-state index in [0.29, 0.717) is 43.1 Å². The minimum absolute atomic E-state index is 0.0128. The lowest BCUT2D eigenvalue weighted by molar-refractivity contribution is -0.125. The molecule has 2 saturated heterocycles. The number of carbonyl (C=O) groups excluding carboxylic acids is 4. The van der Waals surface area contributed by atoms with E-state index < -0.39 is 5.91 Å². The molecule has 2 fully saturated rings. The molecule has 2 unspecified atom stereocenters. The summed E-state index contributed by atoms with van der Waals surface area (Å²) in [4.78, 5) is 66.3. The molecule has 2 aromatic heterocycles. The average molecular weight is 794 g/mol. The number of carbonyl (C=O) groups is 4. The highest BCUT2D eigenvalue weighted by atomic mass is 16.5. The van der Waals surface area contributed by atoms with Crippen molar-refractivity contribution in [3.63, 3.8) is 0 Å². The molecule has 16 nitrogen and oxygen atoms in total. The van der Waals surface area contributed by atoms with Gasteiger partial charge in [0.05, 0.1) is 11.9 Å². The van der Waals surface area contributed by atoms with E-state index in [1.165, 1.54) is 11.1 Å². The number of imide groups is 1. The first kappa shape index (κ1) is 40.6. The predicted octanol–water partition coefficient (Wildman–Crippen LogP) is 3.63. The summed E-state index contributed by atoms with van der Waals surface area (Å²) in [6.07, 6.45) is 8.80. The Balaban J connectivity index is 0.950. The van der Waals surface area contributed by atoms with Crippen LogP contribution in [0.15, 0.2) is 47.1 Å². The van der Waals surface area contributed by atoms with Crippen LogP contribution < -0.4 is 26.2 Å². The molecule has 3 aliphatic heterocycles. The van der Waals surface area contributed by atoms with Crippen LogP contribution in [0.1, 0.15) is 78.7 Å². The number of benzene rings is 2. The molecule has 4 N–H and O–H groups in total. The lowest BCUT2D eigenvalue weighted by Crippen LogP contribution is -2.48. The van der Waals surface area contributed by atoms with Crippen molar-refractivity contribution in [2.45, 2.75) is 76.4 Å². The molecule has 4 aromatic rings. The van der Waals surface area contributed by atoms with Crippen LogP contribution in [0.25, 0.3) is 11.0 Å². The van der Waals surface area contributed by atoms with Crippen LogP contribution in [0, 0.1) is 0 Å². The van der Waals surface area contributed by atoms with E-state index in [1.54, 1.807) is 18.1 Å². The molecule has 4 amide bonds. The van der Waals surface area contributed by atoms with Gasteiger partial charge in [0, 0.05) is 106 Å². The van der Waals surface area contributed by atoms with Crippen molar-refractivity contribution >= 4 is 58.6 Å².